The van der Waals surface area contributed by atoms with E-state index >= 15 is 0 Å². The average Bonchev–Trinajstić information content (AvgIpc) is 2.39. The molecular formula is C9H8N6O2S. The van der Waals surface area contributed by atoms with Crippen molar-refractivity contribution < 1.29 is 4.92 Å². The van der Waals surface area contributed by atoms with E-state index in [-0.39, 0.29) is 16.5 Å². The smallest absolute Gasteiger partial charge is 0.343 e. The number of nitro groups is 1. The molecule has 0 aliphatic heterocycles. The monoisotopic (exact) mass is 264 g/mol. The van der Waals surface area contributed by atoms with Gasteiger partial charge >= 0.3 is 5.69 Å². The molecule has 0 aliphatic carbocycles. The molecule has 92 valence electrons. The van der Waals surface area contributed by atoms with Gasteiger partial charge in [-0.1, -0.05) is 0 Å². The van der Waals surface area contributed by atoms with Crippen LogP contribution in [0.2, 0.25) is 0 Å². The molecule has 0 atom stereocenters. The van der Waals surface area contributed by atoms with E-state index < -0.39 is 4.92 Å². The highest BCUT2D eigenvalue weighted by atomic mass is 32.2. The summed E-state index contributed by atoms with van der Waals surface area (Å²) in [5.41, 5.74) is -0.183. The predicted molar refractivity (Wildman–Crippen MR) is 64.4 cm³/mol. The number of hydrogen-bond acceptors (Lipinski definition) is 8. The minimum Gasteiger partial charge on any atom is -0.367 e. The van der Waals surface area contributed by atoms with Gasteiger partial charge in [0.2, 0.25) is 5.82 Å². The Bertz CT molecular complexity index is 564. The van der Waals surface area contributed by atoms with Crippen LogP contribution in [0.5, 0.6) is 0 Å². The molecule has 2 aromatic rings. The lowest BCUT2D eigenvalue weighted by molar-refractivity contribution is -0.387. The normalized spacial score (nSPS) is 10.1. The van der Waals surface area contributed by atoms with Crippen LogP contribution in [0, 0.1) is 10.1 Å². The molecule has 2 aromatic heterocycles. The molecular weight excluding hydrogens is 256 g/mol. The molecule has 2 heterocycles. The van der Waals surface area contributed by atoms with E-state index in [1.54, 1.807) is 25.5 Å². The largest absolute Gasteiger partial charge is 0.367 e. The second-order valence-electron chi connectivity index (χ2n) is 3.02. The third kappa shape index (κ3) is 2.51. The van der Waals surface area contributed by atoms with Gasteiger partial charge in [-0.2, -0.15) is 0 Å². The van der Waals surface area contributed by atoms with Gasteiger partial charge in [0.1, 0.15) is 6.33 Å². The Labute approximate surface area is 106 Å². The molecule has 0 fully saturated rings. The van der Waals surface area contributed by atoms with Crippen LogP contribution in [0.1, 0.15) is 0 Å². The van der Waals surface area contributed by atoms with Crippen LogP contribution in [0.3, 0.4) is 0 Å². The lowest BCUT2D eigenvalue weighted by atomic mass is 10.5. The fraction of sp³-hybridized carbons (Fsp3) is 0.111. The molecule has 0 aromatic carbocycles. The first-order chi connectivity index (χ1) is 8.72. The number of nitrogens with one attached hydrogen (secondary N) is 1. The van der Waals surface area contributed by atoms with Crippen LogP contribution in [-0.4, -0.2) is 31.9 Å². The maximum atomic E-state index is 11.0. The molecule has 9 heteroatoms. The Kier molecular flexibility index (Phi) is 3.63. The van der Waals surface area contributed by atoms with Gasteiger partial charge in [-0.3, -0.25) is 10.1 Å². The summed E-state index contributed by atoms with van der Waals surface area (Å²) in [6.45, 7) is 0. The number of nitrogens with zero attached hydrogens (tertiary/aromatic N) is 5. The van der Waals surface area contributed by atoms with Gasteiger partial charge in [0.05, 0.1) is 4.92 Å². The third-order valence-corrected chi connectivity index (χ3v) is 2.82. The van der Waals surface area contributed by atoms with Crippen molar-refractivity contribution in [2.75, 3.05) is 12.4 Å². The summed E-state index contributed by atoms with van der Waals surface area (Å²) < 4.78 is 0. The minimum absolute atomic E-state index is 0.161. The van der Waals surface area contributed by atoms with Crippen LogP contribution >= 0.6 is 11.8 Å². The van der Waals surface area contributed by atoms with Gasteiger partial charge in [-0.25, -0.2) is 19.9 Å². The highest BCUT2D eigenvalue weighted by Gasteiger charge is 2.23. The highest BCUT2D eigenvalue weighted by Crippen LogP contribution is 2.34. The topological polar surface area (TPSA) is 107 Å². The first kappa shape index (κ1) is 12.2. The lowest BCUT2D eigenvalue weighted by Crippen LogP contribution is -2.02. The Balaban J connectivity index is 2.42. The zero-order chi connectivity index (χ0) is 13.0. The van der Waals surface area contributed by atoms with Crippen LogP contribution < -0.4 is 5.32 Å². The number of aromatic nitrogens is 4. The number of anilines is 1. The molecule has 0 radical (unpaired) electrons. The van der Waals surface area contributed by atoms with E-state index in [0.29, 0.717) is 5.16 Å². The van der Waals surface area contributed by atoms with Crippen molar-refractivity contribution in [3.63, 3.8) is 0 Å². The quantitative estimate of drug-likeness (QED) is 0.382. The molecule has 8 nitrogen and oxygen atoms in total. The highest BCUT2D eigenvalue weighted by molar-refractivity contribution is 7.99. The summed E-state index contributed by atoms with van der Waals surface area (Å²) in [6, 6.07) is 1.66. The van der Waals surface area contributed by atoms with Gasteiger partial charge in [-0.05, 0) is 17.8 Å². The van der Waals surface area contributed by atoms with Gasteiger partial charge in [0, 0.05) is 19.4 Å². The molecule has 0 bridgehead atoms. The van der Waals surface area contributed by atoms with Crippen molar-refractivity contribution in [3.05, 3.63) is 34.9 Å². The Morgan fingerprint density at radius 3 is 2.61 bits per heavy atom. The average molecular weight is 264 g/mol. The van der Waals surface area contributed by atoms with Crippen LogP contribution in [0.4, 0.5) is 11.5 Å². The van der Waals surface area contributed by atoms with Crippen molar-refractivity contribution >= 4 is 23.3 Å². The first-order valence-corrected chi connectivity index (χ1v) is 5.66. The molecule has 0 amide bonds. The molecule has 2 rings (SSSR count). The summed E-state index contributed by atoms with van der Waals surface area (Å²) in [7, 11) is 1.56. The molecule has 1 N–H and O–H groups in total. The zero-order valence-electron chi connectivity index (χ0n) is 9.27. The Morgan fingerprint density at radius 2 is 2.00 bits per heavy atom. The lowest BCUT2D eigenvalue weighted by Gasteiger charge is -2.04. The van der Waals surface area contributed by atoms with Gasteiger partial charge < -0.3 is 5.32 Å². The standard InChI is InChI=1S/C9H8N6O2S/c1-10-7-6(15(16)17)8(14-5-13-7)18-9-11-3-2-4-12-9/h2-5H,1H3,(H,10,13,14). The van der Waals surface area contributed by atoms with E-state index in [0.717, 1.165) is 11.8 Å². The fourth-order valence-corrected chi connectivity index (χ4v) is 1.98. The first-order valence-electron chi connectivity index (χ1n) is 4.84. The second kappa shape index (κ2) is 5.36. The predicted octanol–water partition coefficient (Wildman–Crippen LogP) is 1.37. The summed E-state index contributed by atoms with van der Waals surface area (Å²) in [5.74, 6) is 0.161. The van der Waals surface area contributed by atoms with Crippen molar-refractivity contribution in [2.24, 2.45) is 0 Å². The summed E-state index contributed by atoms with van der Waals surface area (Å²) >= 11 is 1.02. The van der Waals surface area contributed by atoms with Gasteiger partial charge in [0.25, 0.3) is 0 Å². The second-order valence-corrected chi connectivity index (χ2v) is 3.97. The van der Waals surface area contributed by atoms with Crippen molar-refractivity contribution in [1.82, 2.24) is 19.9 Å². The van der Waals surface area contributed by atoms with Crippen molar-refractivity contribution in [1.29, 1.82) is 0 Å². The number of rotatable bonds is 4. The minimum atomic E-state index is -0.531. The van der Waals surface area contributed by atoms with E-state index in [1.807, 2.05) is 0 Å². The van der Waals surface area contributed by atoms with Crippen molar-refractivity contribution in [2.45, 2.75) is 10.2 Å². The Hall–Kier alpha value is -2.29. The maximum absolute atomic E-state index is 11.0. The van der Waals surface area contributed by atoms with E-state index in [4.69, 9.17) is 0 Å². The summed E-state index contributed by atoms with van der Waals surface area (Å²) in [5, 5.41) is 14.3. The summed E-state index contributed by atoms with van der Waals surface area (Å²) in [6.07, 6.45) is 4.37. The SMILES string of the molecule is CNc1ncnc(Sc2ncccn2)c1[N+](=O)[O-]. The van der Waals surface area contributed by atoms with E-state index in [2.05, 4.69) is 25.3 Å². The van der Waals surface area contributed by atoms with Crippen LogP contribution in [0.15, 0.2) is 35.0 Å². The van der Waals surface area contributed by atoms with Crippen LogP contribution in [-0.2, 0) is 0 Å². The summed E-state index contributed by atoms with van der Waals surface area (Å²) in [4.78, 5) is 26.1. The number of hydrogen-bond donors (Lipinski definition) is 1. The third-order valence-electron chi connectivity index (χ3n) is 1.94. The van der Waals surface area contributed by atoms with Crippen LogP contribution in [0.25, 0.3) is 0 Å². The molecule has 0 aliphatic rings. The fourth-order valence-electron chi connectivity index (χ4n) is 1.21. The molecule has 0 spiro atoms. The van der Waals surface area contributed by atoms with E-state index in [1.165, 1.54) is 6.33 Å². The molecule has 0 saturated carbocycles. The van der Waals surface area contributed by atoms with Crippen molar-refractivity contribution in [3.8, 4) is 0 Å². The zero-order valence-corrected chi connectivity index (χ0v) is 10.1. The maximum Gasteiger partial charge on any atom is 0.343 e. The molecule has 18 heavy (non-hydrogen) atoms. The van der Waals surface area contributed by atoms with Gasteiger partial charge in [0.15, 0.2) is 10.2 Å². The molecule has 0 saturated heterocycles. The molecule has 0 unspecified atom stereocenters. The van der Waals surface area contributed by atoms with Gasteiger partial charge in [-0.15, -0.1) is 0 Å². The van der Waals surface area contributed by atoms with E-state index in [9.17, 15) is 10.1 Å². The Morgan fingerprint density at radius 1 is 1.28 bits per heavy atom.